The molecule has 0 atom stereocenters. The van der Waals surface area contributed by atoms with Crippen LogP contribution in [0.2, 0.25) is 15.3 Å². The van der Waals surface area contributed by atoms with Crippen molar-refractivity contribution in [3.8, 4) is 0 Å². The molecule has 1 aromatic carbocycles. The summed E-state index contributed by atoms with van der Waals surface area (Å²) in [6, 6.07) is 3.87. The van der Waals surface area contributed by atoms with E-state index >= 15 is 0 Å². The minimum absolute atomic E-state index is 0.0247. The minimum Gasteiger partial charge on any atom is -0.287 e. The summed E-state index contributed by atoms with van der Waals surface area (Å²) in [6.07, 6.45) is 1.14. The van der Waals surface area contributed by atoms with Crippen molar-refractivity contribution in [3.63, 3.8) is 0 Å². The van der Waals surface area contributed by atoms with Crippen molar-refractivity contribution >= 4 is 46.3 Å². The van der Waals surface area contributed by atoms with Gasteiger partial charge in [-0.25, -0.2) is 9.97 Å². The summed E-state index contributed by atoms with van der Waals surface area (Å²) in [4.78, 5) is 29.8. The zero-order valence-electron chi connectivity index (χ0n) is 9.51. The van der Waals surface area contributed by atoms with E-state index in [0.29, 0.717) is 0 Å². The van der Waals surface area contributed by atoms with E-state index in [1.165, 1.54) is 18.2 Å². The maximum Gasteiger partial charge on any atom is 0.288 e. The summed E-state index contributed by atoms with van der Waals surface area (Å²) in [5.74, 6) is -0.673. The van der Waals surface area contributed by atoms with Crippen LogP contribution in [0.5, 0.6) is 0 Å². The molecular formula is C11H4Cl3N3O3. The van der Waals surface area contributed by atoms with Gasteiger partial charge in [0.15, 0.2) is 5.15 Å². The molecule has 0 aliphatic rings. The van der Waals surface area contributed by atoms with E-state index in [2.05, 4.69) is 9.97 Å². The van der Waals surface area contributed by atoms with E-state index in [1.54, 1.807) is 0 Å². The van der Waals surface area contributed by atoms with Crippen molar-refractivity contribution in [2.45, 2.75) is 0 Å². The lowest BCUT2D eigenvalue weighted by molar-refractivity contribution is -0.384. The van der Waals surface area contributed by atoms with Gasteiger partial charge in [-0.05, 0) is 6.07 Å². The highest BCUT2D eigenvalue weighted by atomic mass is 35.5. The molecule has 0 N–H and O–H groups in total. The maximum atomic E-state index is 12.2. The number of nitrogens with zero attached hydrogens (tertiary/aromatic N) is 3. The van der Waals surface area contributed by atoms with Crippen molar-refractivity contribution < 1.29 is 9.72 Å². The predicted octanol–water partition coefficient (Wildman–Crippen LogP) is 3.58. The van der Waals surface area contributed by atoms with Crippen LogP contribution in [-0.2, 0) is 0 Å². The normalized spacial score (nSPS) is 10.3. The first-order chi connectivity index (χ1) is 9.41. The first kappa shape index (κ1) is 14.6. The van der Waals surface area contributed by atoms with E-state index < -0.39 is 10.7 Å². The van der Waals surface area contributed by atoms with E-state index in [4.69, 9.17) is 34.8 Å². The Bertz CT molecular complexity index is 721. The molecule has 0 aliphatic carbocycles. The van der Waals surface area contributed by atoms with Gasteiger partial charge in [0.2, 0.25) is 5.78 Å². The Morgan fingerprint density at radius 1 is 1.25 bits per heavy atom. The monoisotopic (exact) mass is 331 g/mol. The number of halogens is 3. The molecule has 0 saturated heterocycles. The molecule has 0 saturated carbocycles. The molecule has 6 nitrogen and oxygen atoms in total. The van der Waals surface area contributed by atoms with Crippen LogP contribution >= 0.6 is 34.8 Å². The third kappa shape index (κ3) is 2.72. The molecule has 2 rings (SSSR count). The third-order valence-corrected chi connectivity index (χ3v) is 3.18. The quantitative estimate of drug-likeness (QED) is 0.487. The third-order valence-electron chi connectivity index (χ3n) is 2.34. The average molecular weight is 333 g/mol. The Labute approximate surface area is 127 Å². The molecule has 1 heterocycles. The fourth-order valence-corrected chi connectivity index (χ4v) is 2.15. The second-order valence-corrected chi connectivity index (χ2v) is 4.68. The van der Waals surface area contributed by atoms with E-state index in [0.717, 1.165) is 6.20 Å². The van der Waals surface area contributed by atoms with Gasteiger partial charge in [-0.15, -0.1) is 0 Å². The molecule has 9 heteroatoms. The van der Waals surface area contributed by atoms with Gasteiger partial charge in [0.05, 0.1) is 11.1 Å². The number of rotatable bonds is 3. The first-order valence-corrected chi connectivity index (χ1v) is 6.21. The molecule has 0 aliphatic heterocycles. The molecule has 0 unspecified atom stereocenters. The topological polar surface area (TPSA) is 86.0 Å². The molecule has 0 spiro atoms. The highest BCUT2D eigenvalue weighted by Gasteiger charge is 2.23. The second kappa shape index (κ2) is 5.70. The summed E-state index contributed by atoms with van der Waals surface area (Å²) in [5, 5.41) is 10.3. The van der Waals surface area contributed by atoms with Crippen LogP contribution in [0, 0.1) is 10.1 Å². The van der Waals surface area contributed by atoms with Gasteiger partial charge in [0.1, 0.15) is 15.9 Å². The van der Waals surface area contributed by atoms with Gasteiger partial charge in [0.25, 0.3) is 5.69 Å². The standard InChI is InChI=1S/C11H4Cl3N3O3/c12-7-4-15-9(11(14)16-7)10(18)5-2-1-3-6(8(5)13)17(19)20/h1-4H. The lowest BCUT2D eigenvalue weighted by Crippen LogP contribution is -2.07. The molecule has 0 amide bonds. The highest BCUT2D eigenvalue weighted by Crippen LogP contribution is 2.30. The Morgan fingerprint density at radius 3 is 2.55 bits per heavy atom. The van der Waals surface area contributed by atoms with Crippen LogP contribution < -0.4 is 0 Å². The van der Waals surface area contributed by atoms with Crippen molar-refractivity contribution in [2.75, 3.05) is 0 Å². The molecule has 1 aromatic heterocycles. The molecule has 0 fully saturated rings. The van der Waals surface area contributed by atoms with Crippen molar-refractivity contribution in [2.24, 2.45) is 0 Å². The molecule has 20 heavy (non-hydrogen) atoms. The first-order valence-electron chi connectivity index (χ1n) is 5.07. The van der Waals surface area contributed by atoms with Crippen LogP contribution in [0.1, 0.15) is 16.1 Å². The number of hydrogen-bond acceptors (Lipinski definition) is 5. The van der Waals surface area contributed by atoms with Crippen LogP contribution in [0.25, 0.3) is 0 Å². The van der Waals surface area contributed by atoms with Gasteiger partial charge < -0.3 is 0 Å². The summed E-state index contributed by atoms with van der Waals surface area (Å²) in [5.41, 5.74) is -0.645. The number of carbonyl (C=O) groups is 1. The van der Waals surface area contributed by atoms with Crippen LogP contribution in [0.4, 0.5) is 5.69 Å². The van der Waals surface area contributed by atoms with Crippen molar-refractivity contribution in [1.82, 2.24) is 9.97 Å². The lowest BCUT2D eigenvalue weighted by Gasteiger charge is -2.04. The smallest absolute Gasteiger partial charge is 0.287 e. The maximum absolute atomic E-state index is 12.2. The lowest BCUT2D eigenvalue weighted by atomic mass is 10.1. The number of nitro groups is 1. The number of carbonyl (C=O) groups excluding carboxylic acids is 1. The predicted molar refractivity (Wildman–Crippen MR) is 73.6 cm³/mol. The Kier molecular flexibility index (Phi) is 4.17. The Morgan fingerprint density at radius 2 is 1.95 bits per heavy atom. The Balaban J connectivity index is 2.54. The number of hydrogen-bond donors (Lipinski definition) is 0. The fourth-order valence-electron chi connectivity index (χ4n) is 1.46. The molecule has 102 valence electrons. The van der Waals surface area contributed by atoms with Crippen LogP contribution in [0.3, 0.4) is 0 Å². The molecular weight excluding hydrogens is 328 g/mol. The average Bonchev–Trinajstić information content (AvgIpc) is 2.38. The van der Waals surface area contributed by atoms with Crippen LogP contribution in [-0.4, -0.2) is 20.7 Å². The van der Waals surface area contributed by atoms with Gasteiger partial charge in [-0.1, -0.05) is 40.9 Å². The summed E-state index contributed by atoms with van der Waals surface area (Å²) >= 11 is 17.2. The van der Waals surface area contributed by atoms with Gasteiger partial charge in [-0.2, -0.15) is 0 Å². The zero-order valence-corrected chi connectivity index (χ0v) is 11.8. The highest BCUT2D eigenvalue weighted by molar-refractivity contribution is 6.39. The van der Waals surface area contributed by atoms with E-state index in [1.807, 2.05) is 0 Å². The van der Waals surface area contributed by atoms with Crippen molar-refractivity contribution in [3.05, 3.63) is 61.1 Å². The number of benzene rings is 1. The largest absolute Gasteiger partial charge is 0.288 e. The van der Waals surface area contributed by atoms with Crippen LogP contribution in [0.15, 0.2) is 24.4 Å². The summed E-state index contributed by atoms with van der Waals surface area (Å²) in [7, 11) is 0. The number of aromatic nitrogens is 2. The number of nitro benzene ring substituents is 1. The number of ketones is 1. The molecule has 0 bridgehead atoms. The minimum atomic E-state index is -0.686. The SMILES string of the molecule is O=C(c1cccc([N+](=O)[O-])c1Cl)c1ncc(Cl)nc1Cl. The van der Waals surface area contributed by atoms with Gasteiger partial charge in [0, 0.05) is 11.6 Å². The van der Waals surface area contributed by atoms with Gasteiger partial charge in [-0.3, -0.25) is 14.9 Å². The molecule has 0 radical (unpaired) electrons. The molecule has 2 aromatic rings. The summed E-state index contributed by atoms with van der Waals surface area (Å²) in [6.45, 7) is 0. The summed E-state index contributed by atoms with van der Waals surface area (Å²) < 4.78 is 0. The van der Waals surface area contributed by atoms with Gasteiger partial charge >= 0.3 is 0 Å². The van der Waals surface area contributed by atoms with Crippen molar-refractivity contribution in [1.29, 1.82) is 0 Å². The second-order valence-electron chi connectivity index (χ2n) is 3.56. The van der Waals surface area contributed by atoms with E-state index in [-0.39, 0.29) is 32.3 Å². The Hall–Kier alpha value is -1.76. The van der Waals surface area contributed by atoms with E-state index in [9.17, 15) is 14.9 Å². The fraction of sp³-hybridized carbons (Fsp3) is 0. The zero-order chi connectivity index (χ0) is 14.9.